The number of imide groups is 1. The highest BCUT2D eigenvalue weighted by Gasteiger charge is 2.46. The van der Waals surface area contributed by atoms with Crippen molar-refractivity contribution in [1.29, 1.82) is 0 Å². The Hall–Kier alpha value is -1.75. The summed E-state index contributed by atoms with van der Waals surface area (Å²) >= 11 is 0. The van der Waals surface area contributed by atoms with Crippen LogP contribution in [0.4, 0.5) is 4.79 Å². The number of carbonyl (C=O) groups is 3. The molecule has 1 fully saturated rings. The van der Waals surface area contributed by atoms with Crippen LogP contribution in [-0.2, 0) is 23.8 Å². The van der Waals surface area contributed by atoms with Crippen LogP contribution < -0.4 is 21.7 Å². The van der Waals surface area contributed by atoms with Crippen LogP contribution in [-0.4, -0.2) is 69.7 Å². The van der Waals surface area contributed by atoms with Gasteiger partial charge in [0.05, 0.1) is 26.4 Å². The highest BCUT2D eigenvalue weighted by Crippen LogP contribution is 2.14. The lowest BCUT2D eigenvalue weighted by Crippen LogP contribution is -2.60. The normalized spacial score (nSPS) is 19.6. The van der Waals surface area contributed by atoms with Crippen LogP contribution in [0.5, 0.6) is 0 Å². The summed E-state index contributed by atoms with van der Waals surface area (Å²) in [6.45, 7) is 4.77. The van der Waals surface area contributed by atoms with Gasteiger partial charge in [0.2, 0.25) is 5.91 Å². The summed E-state index contributed by atoms with van der Waals surface area (Å²) in [5.74, 6) is -0.967. The van der Waals surface area contributed by atoms with Crippen LogP contribution in [0.1, 0.15) is 26.2 Å². The van der Waals surface area contributed by atoms with Crippen molar-refractivity contribution in [3.63, 3.8) is 0 Å². The molecule has 1 aliphatic heterocycles. The molecule has 1 atom stereocenters. The van der Waals surface area contributed by atoms with E-state index in [4.69, 9.17) is 19.9 Å². The fraction of sp³-hybridized carbons (Fsp3) is 0.800. The molecule has 0 bridgehead atoms. The van der Waals surface area contributed by atoms with Gasteiger partial charge in [0.15, 0.2) is 5.66 Å². The largest absolute Gasteiger partial charge is 0.379 e. The van der Waals surface area contributed by atoms with Crippen LogP contribution >= 0.6 is 0 Å². The van der Waals surface area contributed by atoms with Gasteiger partial charge in [-0.15, -0.1) is 0 Å². The summed E-state index contributed by atoms with van der Waals surface area (Å²) in [4.78, 5) is 34.5. The molecular weight excluding hydrogens is 332 g/mol. The molecule has 0 aliphatic carbocycles. The summed E-state index contributed by atoms with van der Waals surface area (Å²) in [5.41, 5.74) is 3.94. The van der Waals surface area contributed by atoms with Gasteiger partial charge in [0.25, 0.3) is 5.91 Å². The molecular formula is C15H28N4O6. The monoisotopic (exact) mass is 360 g/mol. The number of ether oxygens (including phenoxy) is 3. The lowest BCUT2D eigenvalue weighted by Gasteiger charge is -2.26. The predicted octanol–water partition coefficient (Wildman–Crippen LogP) is -1.16. The summed E-state index contributed by atoms with van der Waals surface area (Å²) in [7, 11) is 0. The lowest BCUT2D eigenvalue weighted by molar-refractivity contribution is -0.131. The molecule has 4 amide bonds. The van der Waals surface area contributed by atoms with Gasteiger partial charge < -0.3 is 30.6 Å². The third-order valence-corrected chi connectivity index (χ3v) is 3.41. The number of nitrogens with two attached hydrogens (primary N) is 1. The fourth-order valence-electron chi connectivity index (χ4n) is 2.29. The lowest BCUT2D eigenvalue weighted by atomic mass is 10.0. The van der Waals surface area contributed by atoms with Crippen molar-refractivity contribution >= 4 is 17.8 Å². The number of rotatable bonds is 14. The Morgan fingerprint density at radius 2 is 1.60 bits per heavy atom. The Morgan fingerprint density at radius 1 is 1.04 bits per heavy atom. The molecule has 10 nitrogen and oxygen atoms in total. The van der Waals surface area contributed by atoms with Crippen molar-refractivity contribution in [3.05, 3.63) is 0 Å². The highest BCUT2D eigenvalue weighted by molar-refractivity contribution is 6.08. The minimum Gasteiger partial charge on any atom is -0.379 e. The smallest absolute Gasteiger partial charge is 0.323 e. The van der Waals surface area contributed by atoms with E-state index in [0.29, 0.717) is 52.6 Å². The number of urea groups is 1. The first-order chi connectivity index (χ1) is 12.0. The Labute approximate surface area is 147 Å². The molecule has 1 heterocycles. The molecule has 0 aromatic rings. The third kappa shape index (κ3) is 8.25. The van der Waals surface area contributed by atoms with Crippen LogP contribution in [0.25, 0.3) is 0 Å². The van der Waals surface area contributed by atoms with E-state index < -0.39 is 23.5 Å². The molecule has 144 valence electrons. The number of carbonyl (C=O) groups excluding carboxylic acids is 3. The topological polar surface area (TPSA) is 141 Å². The summed E-state index contributed by atoms with van der Waals surface area (Å²) in [5, 5.41) is 7.07. The van der Waals surface area contributed by atoms with Crippen molar-refractivity contribution in [2.75, 3.05) is 46.2 Å². The third-order valence-electron chi connectivity index (χ3n) is 3.41. The molecule has 0 aromatic heterocycles. The number of hydrogen-bond donors (Lipinski definition) is 4. The summed E-state index contributed by atoms with van der Waals surface area (Å²) < 4.78 is 16.0. The maximum absolute atomic E-state index is 11.9. The van der Waals surface area contributed by atoms with Gasteiger partial charge in [-0.05, 0) is 19.4 Å². The van der Waals surface area contributed by atoms with Gasteiger partial charge in [-0.1, -0.05) is 0 Å². The van der Waals surface area contributed by atoms with E-state index >= 15 is 0 Å². The Morgan fingerprint density at radius 3 is 2.08 bits per heavy atom. The van der Waals surface area contributed by atoms with Crippen molar-refractivity contribution in [1.82, 2.24) is 16.0 Å². The quantitative estimate of drug-likeness (QED) is 0.226. The van der Waals surface area contributed by atoms with Crippen molar-refractivity contribution in [3.8, 4) is 0 Å². The standard InChI is InChI=1S/C15H28N4O6/c1-12(20)18-15(13(21)17-14(22)19-15)4-2-6-23-8-10-25-11-9-24-7-3-5-16/h2-11,16H2,1H3,(H,18,20)(H2,17,19,21,22). The molecule has 0 radical (unpaired) electrons. The first-order valence-corrected chi connectivity index (χ1v) is 8.36. The number of hydrogen-bond acceptors (Lipinski definition) is 7. The molecule has 25 heavy (non-hydrogen) atoms. The maximum Gasteiger partial charge on any atom is 0.323 e. The van der Waals surface area contributed by atoms with Gasteiger partial charge in [0.1, 0.15) is 0 Å². The second-order valence-corrected chi connectivity index (χ2v) is 5.58. The van der Waals surface area contributed by atoms with Crippen molar-refractivity contribution in [2.45, 2.75) is 31.8 Å². The van der Waals surface area contributed by atoms with Gasteiger partial charge in [-0.25, -0.2) is 4.79 Å². The zero-order chi connectivity index (χ0) is 18.5. The maximum atomic E-state index is 11.9. The fourth-order valence-corrected chi connectivity index (χ4v) is 2.29. The van der Waals surface area contributed by atoms with E-state index in [2.05, 4.69) is 16.0 Å². The van der Waals surface area contributed by atoms with Gasteiger partial charge in [-0.2, -0.15) is 0 Å². The minimum atomic E-state index is -1.40. The SMILES string of the molecule is CC(=O)NC1(CCCOCCOCCOCCCN)NC(=O)NC1=O. The molecule has 10 heteroatoms. The van der Waals surface area contributed by atoms with E-state index in [1.54, 1.807) is 0 Å². The van der Waals surface area contributed by atoms with Gasteiger partial charge >= 0.3 is 6.03 Å². The minimum absolute atomic E-state index is 0.236. The molecule has 0 saturated carbocycles. The average molecular weight is 360 g/mol. The van der Waals surface area contributed by atoms with Gasteiger partial charge in [0, 0.05) is 26.6 Å². The van der Waals surface area contributed by atoms with E-state index in [0.717, 1.165) is 6.42 Å². The Balaban J connectivity index is 2.08. The second-order valence-electron chi connectivity index (χ2n) is 5.58. The summed E-state index contributed by atoms with van der Waals surface area (Å²) in [6, 6.07) is -0.623. The first kappa shape index (κ1) is 21.3. The molecule has 0 aromatic carbocycles. The van der Waals surface area contributed by atoms with E-state index in [1.165, 1.54) is 6.92 Å². The Kier molecular flexibility index (Phi) is 10.0. The van der Waals surface area contributed by atoms with Gasteiger partial charge in [-0.3, -0.25) is 14.9 Å². The Bertz CT molecular complexity index is 448. The second kappa shape index (κ2) is 11.7. The highest BCUT2D eigenvalue weighted by atomic mass is 16.5. The molecule has 1 aliphatic rings. The van der Waals surface area contributed by atoms with E-state index in [1.807, 2.05) is 0 Å². The van der Waals surface area contributed by atoms with Crippen LogP contribution in [0, 0.1) is 0 Å². The first-order valence-electron chi connectivity index (χ1n) is 8.36. The zero-order valence-electron chi connectivity index (χ0n) is 14.6. The molecule has 0 spiro atoms. The number of nitrogens with one attached hydrogen (secondary N) is 3. The van der Waals surface area contributed by atoms with Crippen LogP contribution in [0.3, 0.4) is 0 Å². The van der Waals surface area contributed by atoms with Crippen LogP contribution in [0.2, 0.25) is 0 Å². The van der Waals surface area contributed by atoms with Crippen molar-refractivity contribution in [2.24, 2.45) is 5.73 Å². The van der Waals surface area contributed by atoms with E-state index in [9.17, 15) is 14.4 Å². The predicted molar refractivity (Wildman–Crippen MR) is 88.6 cm³/mol. The van der Waals surface area contributed by atoms with Crippen LogP contribution in [0.15, 0.2) is 0 Å². The molecule has 1 saturated heterocycles. The zero-order valence-corrected chi connectivity index (χ0v) is 14.6. The molecule has 1 rings (SSSR count). The van der Waals surface area contributed by atoms with E-state index in [-0.39, 0.29) is 6.42 Å². The molecule has 1 unspecified atom stereocenters. The average Bonchev–Trinajstić information content (AvgIpc) is 2.81. The molecule has 5 N–H and O–H groups in total. The van der Waals surface area contributed by atoms with Crippen molar-refractivity contribution < 1.29 is 28.6 Å². The summed E-state index contributed by atoms with van der Waals surface area (Å²) in [6.07, 6.45) is 1.55. The number of amides is 4.